The van der Waals surface area contributed by atoms with Gasteiger partial charge in [0, 0.05) is 17.3 Å². The van der Waals surface area contributed by atoms with Crippen molar-refractivity contribution in [2.75, 3.05) is 12.4 Å². The van der Waals surface area contributed by atoms with Crippen LogP contribution in [0.4, 0.5) is 0 Å². The summed E-state index contributed by atoms with van der Waals surface area (Å²) < 4.78 is 0. The highest BCUT2D eigenvalue weighted by Crippen LogP contribution is 2.26. The van der Waals surface area contributed by atoms with Gasteiger partial charge >= 0.3 is 0 Å². The monoisotopic (exact) mass is 251 g/mol. The van der Waals surface area contributed by atoms with Crippen molar-refractivity contribution < 1.29 is 5.11 Å². The highest BCUT2D eigenvalue weighted by Gasteiger charge is 2.25. The van der Waals surface area contributed by atoms with Crippen molar-refractivity contribution in [1.82, 2.24) is 5.32 Å². The maximum atomic E-state index is 9.46. The van der Waals surface area contributed by atoms with E-state index in [1.165, 1.54) is 17.7 Å². The van der Waals surface area contributed by atoms with Crippen LogP contribution in [-0.4, -0.2) is 34.8 Å². The fourth-order valence-corrected chi connectivity index (χ4v) is 3.54. The van der Waals surface area contributed by atoms with Crippen LogP contribution in [0.2, 0.25) is 0 Å². The lowest BCUT2D eigenvalue weighted by atomic mass is 10.0. The highest BCUT2D eigenvalue weighted by molar-refractivity contribution is 8.00. The summed E-state index contributed by atoms with van der Waals surface area (Å²) in [4.78, 5) is 0. The molecule has 2 N–H and O–H groups in total. The van der Waals surface area contributed by atoms with E-state index in [-0.39, 0.29) is 12.6 Å². The Balaban J connectivity index is 1.88. The number of rotatable bonds is 5. The Morgan fingerprint density at radius 3 is 2.76 bits per heavy atom. The minimum Gasteiger partial charge on any atom is -0.395 e. The van der Waals surface area contributed by atoms with Gasteiger partial charge in [-0.3, -0.25) is 0 Å². The van der Waals surface area contributed by atoms with Gasteiger partial charge in [0.1, 0.15) is 0 Å². The molecular weight excluding hydrogens is 230 g/mol. The van der Waals surface area contributed by atoms with E-state index >= 15 is 0 Å². The number of hydrogen-bond acceptors (Lipinski definition) is 3. The fraction of sp³-hybridized carbons (Fsp3) is 0.571. The number of aliphatic hydroxyl groups is 1. The van der Waals surface area contributed by atoms with Crippen LogP contribution in [0.5, 0.6) is 0 Å². The van der Waals surface area contributed by atoms with Gasteiger partial charge in [-0.15, -0.1) is 0 Å². The van der Waals surface area contributed by atoms with Crippen molar-refractivity contribution in [3.05, 3.63) is 35.9 Å². The van der Waals surface area contributed by atoms with Gasteiger partial charge in [0.15, 0.2) is 0 Å². The Morgan fingerprint density at radius 2 is 2.18 bits per heavy atom. The van der Waals surface area contributed by atoms with Crippen molar-refractivity contribution in [1.29, 1.82) is 0 Å². The molecule has 2 nitrogen and oxygen atoms in total. The smallest absolute Gasteiger partial charge is 0.0587 e. The Labute approximate surface area is 108 Å². The molecule has 1 aliphatic rings. The molecule has 1 fully saturated rings. The Kier molecular flexibility index (Phi) is 4.89. The SMILES string of the molecule is CC1SCCC1N[C@H](CO)Cc1ccccc1. The molecule has 94 valence electrons. The molecule has 1 aromatic rings. The van der Waals surface area contributed by atoms with Crippen molar-refractivity contribution in [2.45, 2.75) is 37.1 Å². The van der Waals surface area contributed by atoms with E-state index < -0.39 is 0 Å². The minimum atomic E-state index is 0.184. The van der Waals surface area contributed by atoms with Crippen LogP contribution in [0.25, 0.3) is 0 Å². The van der Waals surface area contributed by atoms with E-state index in [9.17, 15) is 5.11 Å². The van der Waals surface area contributed by atoms with E-state index in [1.54, 1.807) is 0 Å². The maximum Gasteiger partial charge on any atom is 0.0587 e. The minimum absolute atomic E-state index is 0.184. The summed E-state index contributed by atoms with van der Waals surface area (Å²) in [5.74, 6) is 1.24. The van der Waals surface area contributed by atoms with Crippen LogP contribution < -0.4 is 5.32 Å². The molecule has 3 atom stereocenters. The van der Waals surface area contributed by atoms with Gasteiger partial charge in [-0.25, -0.2) is 0 Å². The number of hydrogen-bond donors (Lipinski definition) is 2. The van der Waals surface area contributed by atoms with Crippen LogP contribution >= 0.6 is 11.8 Å². The van der Waals surface area contributed by atoms with Crippen molar-refractivity contribution >= 4 is 11.8 Å². The molecule has 1 heterocycles. The summed E-state index contributed by atoms with van der Waals surface area (Å²) >= 11 is 2.02. The molecule has 1 saturated heterocycles. The van der Waals surface area contributed by atoms with Crippen molar-refractivity contribution in [3.63, 3.8) is 0 Å². The van der Waals surface area contributed by atoms with Crippen molar-refractivity contribution in [3.8, 4) is 0 Å². The summed E-state index contributed by atoms with van der Waals surface area (Å²) in [6.45, 7) is 2.48. The number of nitrogens with one attached hydrogen (secondary N) is 1. The van der Waals surface area contributed by atoms with Gasteiger partial charge in [0.05, 0.1) is 6.61 Å². The van der Waals surface area contributed by atoms with Crippen LogP contribution in [0.1, 0.15) is 18.9 Å². The Bertz CT molecular complexity index is 330. The van der Waals surface area contributed by atoms with Crippen molar-refractivity contribution in [2.24, 2.45) is 0 Å². The lowest BCUT2D eigenvalue weighted by molar-refractivity contribution is 0.230. The van der Waals surface area contributed by atoms with E-state index in [0.29, 0.717) is 11.3 Å². The molecule has 0 amide bonds. The Hall–Kier alpha value is -0.510. The van der Waals surface area contributed by atoms with Gasteiger partial charge in [-0.2, -0.15) is 11.8 Å². The Morgan fingerprint density at radius 1 is 1.41 bits per heavy atom. The molecule has 2 unspecified atom stereocenters. The van der Waals surface area contributed by atoms with Gasteiger partial charge < -0.3 is 10.4 Å². The molecule has 0 aromatic heterocycles. The third-order valence-corrected chi connectivity index (χ3v) is 4.70. The van der Waals surface area contributed by atoms with Crippen LogP contribution in [0.15, 0.2) is 30.3 Å². The zero-order chi connectivity index (χ0) is 12.1. The number of aliphatic hydroxyl groups excluding tert-OH is 1. The largest absolute Gasteiger partial charge is 0.395 e. The average Bonchev–Trinajstić information content (AvgIpc) is 2.75. The maximum absolute atomic E-state index is 9.46. The van der Waals surface area contributed by atoms with E-state index in [4.69, 9.17) is 0 Å². The molecule has 1 aromatic carbocycles. The first-order valence-electron chi connectivity index (χ1n) is 6.32. The van der Waals surface area contributed by atoms with Crippen LogP contribution in [-0.2, 0) is 6.42 Å². The fourth-order valence-electron chi connectivity index (χ4n) is 2.33. The second-order valence-electron chi connectivity index (χ2n) is 4.71. The quantitative estimate of drug-likeness (QED) is 0.840. The van der Waals surface area contributed by atoms with E-state index in [0.717, 1.165) is 6.42 Å². The highest BCUT2D eigenvalue weighted by atomic mass is 32.2. The normalized spacial score (nSPS) is 26.0. The third kappa shape index (κ3) is 3.73. The number of benzene rings is 1. The van der Waals surface area contributed by atoms with Gasteiger partial charge in [0.25, 0.3) is 0 Å². The second-order valence-corrected chi connectivity index (χ2v) is 6.19. The molecule has 1 aliphatic heterocycles. The zero-order valence-electron chi connectivity index (χ0n) is 10.3. The molecule has 17 heavy (non-hydrogen) atoms. The van der Waals surface area contributed by atoms with Gasteiger partial charge in [-0.05, 0) is 24.2 Å². The summed E-state index contributed by atoms with van der Waals surface area (Å²) in [6.07, 6.45) is 2.13. The molecule has 0 spiro atoms. The zero-order valence-corrected chi connectivity index (χ0v) is 11.1. The molecule has 0 saturated carbocycles. The standard InChI is InChI=1S/C14H21NOS/c1-11-14(7-8-17-11)15-13(10-16)9-12-5-3-2-4-6-12/h2-6,11,13-16H,7-10H2,1H3/t11?,13-,14?/m0/s1. The average molecular weight is 251 g/mol. The molecule has 2 rings (SSSR count). The van der Waals surface area contributed by atoms with E-state index in [2.05, 4.69) is 36.5 Å². The summed E-state index contributed by atoms with van der Waals surface area (Å²) in [7, 11) is 0. The summed E-state index contributed by atoms with van der Waals surface area (Å²) in [5, 5.41) is 13.7. The van der Waals surface area contributed by atoms with Gasteiger partial charge in [-0.1, -0.05) is 37.3 Å². The molecule has 0 radical (unpaired) electrons. The molecule has 0 aliphatic carbocycles. The van der Waals surface area contributed by atoms with E-state index in [1.807, 2.05) is 17.8 Å². The number of thioether (sulfide) groups is 1. The molecule has 0 bridgehead atoms. The molecule has 3 heteroatoms. The third-order valence-electron chi connectivity index (χ3n) is 3.37. The predicted octanol–water partition coefficient (Wildman–Crippen LogP) is 2.07. The second kappa shape index (κ2) is 6.43. The first-order chi connectivity index (χ1) is 8.29. The first-order valence-corrected chi connectivity index (χ1v) is 7.37. The lowest BCUT2D eigenvalue weighted by Crippen LogP contribution is -2.44. The molecular formula is C14H21NOS. The summed E-state index contributed by atoms with van der Waals surface area (Å²) in [5.41, 5.74) is 1.29. The topological polar surface area (TPSA) is 32.3 Å². The lowest BCUT2D eigenvalue weighted by Gasteiger charge is -2.23. The first kappa shape index (κ1) is 12.9. The predicted molar refractivity (Wildman–Crippen MR) is 74.5 cm³/mol. The summed E-state index contributed by atoms with van der Waals surface area (Å²) in [6, 6.07) is 11.1. The van der Waals surface area contributed by atoms with Crippen LogP contribution in [0.3, 0.4) is 0 Å². The van der Waals surface area contributed by atoms with Crippen LogP contribution in [0, 0.1) is 0 Å². The van der Waals surface area contributed by atoms with Gasteiger partial charge in [0.2, 0.25) is 0 Å².